The SMILES string of the molecule is CC1(C)c2cc3cc(N(c4ccc(-c5ccccc5)cc4)c4ccc5c6c(ccc5c4)-c4c(c5ccccc5c5ccccc45)C6(C)C)ccc3cc2-c2c1c1ccccc1c1ccccc21. The maximum atomic E-state index is 2.49. The summed E-state index contributed by atoms with van der Waals surface area (Å²) in [6.07, 6.45) is 0. The van der Waals surface area contributed by atoms with E-state index < -0.39 is 0 Å². The van der Waals surface area contributed by atoms with Crippen LogP contribution >= 0.6 is 0 Å². The number of hydrogen-bond acceptors (Lipinski definition) is 1. The summed E-state index contributed by atoms with van der Waals surface area (Å²) >= 11 is 0. The Morgan fingerprint density at radius 2 is 0.746 bits per heavy atom. The average Bonchev–Trinajstić information content (AvgIpc) is 3.76. The van der Waals surface area contributed by atoms with Gasteiger partial charge in [0.1, 0.15) is 0 Å². The maximum absolute atomic E-state index is 2.49. The van der Waals surface area contributed by atoms with E-state index in [1.54, 1.807) is 0 Å². The van der Waals surface area contributed by atoms with E-state index in [1.165, 1.54) is 120 Å². The Labute approximate surface area is 391 Å². The minimum absolute atomic E-state index is 0.184. The highest BCUT2D eigenvalue weighted by Gasteiger charge is 2.41. The van der Waals surface area contributed by atoms with E-state index in [0.29, 0.717) is 0 Å². The normalized spacial score (nSPS) is 14.2. The van der Waals surface area contributed by atoms with Crippen molar-refractivity contribution in [1.29, 1.82) is 0 Å². The lowest BCUT2D eigenvalue weighted by Crippen LogP contribution is -2.16. The Balaban J connectivity index is 0.949. The minimum atomic E-state index is -0.201. The predicted molar refractivity (Wildman–Crippen MR) is 287 cm³/mol. The number of anilines is 3. The van der Waals surface area contributed by atoms with Crippen LogP contribution in [-0.4, -0.2) is 0 Å². The lowest BCUT2D eigenvalue weighted by atomic mass is 9.78. The highest BCUT2D eigenvalue weighted by atomic mass is 15.1. The molecule has 0 aliphatic heterocycles. The fraction of sp³-hybridized carbons (Fsp3) is 0.0909. The van der Waals surface area contributed by atoms with Crippen LogP contribution in [0.3, 0.4) is 0 Å². The topological polar surface area (TPSA) is 3.24 Å². The van der Waals surface area contributed by atoms with Crippen molar-refractivity contribution in [2.75, 3.05) is 4.90 Å². The number of benzene rings is 12. The van der Waals surface area contributed by atoms with Crippen LogP contribution in [0.5, 0.6) is 0 Å². The van der Waals surface area contributed by atoms with Crippen LogP contribution in [0.4, 0.5) is 17.1 Å². The molecule has 0 aromatic heterocycles. The molecule has 0 unspecified atom stereocenters. The third kappa shape index (κ3) is 5.31. The van der Waals surface area contributed by atoms with Gasteiger partial charge in [0.2, 0.25) is 0 Å². The quantitative estimate of drug-likeness (QED) is 0.159. The van der Waals surface area contributed by atoms with E-state index in [0.717, 1.165) is 17.1 Å². The smallest absolute Gasteiger partial charge is 0.0468 e. The first-order valence-electron chi connectivity index (χ1n) is 23.8. The maximum Gasteiger partial charge on any atom is 0.0468 e. The van der Waals surface area contributed by atoms with E-state index >= 15 is 0 Å². The monoisotopic (exact) mass is 853 g/mol. The molecule has 67 heavy (non-hydrogen) atoms. The van der Waals surface area contributed by atoms with Gasteiger partial charge in [0.15, 0.2) is 0 Å². The molecule has 0 fully saturated rings. The molecule has 0 N–H and O–H groups in total. The van der Waals surface area contributed by atoms with Crippen molar-refractivity contribution in [1.82, 2.24) is 0 Å². The van der Waals surface area contributed by atoms with E-state index in [1.807, 2.05) is 0 Å². The Kier molecular flexibility index (Phi) is 7.87. The highest BCUT2D eigenvalue weighted by Crippen LogP contribution is 2.58. The molecular formula is C66H47N. The van der Waals surface area contributed by atoms with Crippen LogP contribution in [0.2, 0.25) is 0 Å². The van der Waals surface area contributed by atoms with Crippen LogP contribution < -0.4 is 4.90 Å². The Bertz CT molecular complexity index is 4020. The van der Waals surface area contributed by atoms with E-state index in [-0.39, 0.29) is 10.8 Å². The number of fused-ring (bicyclic) bond motifs is 19. The van der Waals surface area contributed by atoms with Crippen molar-refractivity contribution in [2.24, 2.45) is 0 Å². The molecule has 1 nitrogen and oxygen atoms in total. The van der Waals surface area contributed by atoms with E-state index in [2.05, 4.69) is 245 Å². The molecule has 0 bridgehead atoms. The Morgan fingerprint density at radius 1 is 0.284 bits per heavy atom. The fourth-order valence-corrected chi connectivity index (χ4v) is 12.8. The first-order chi connectivity index (χ1) is 32.8. The molecule has 0 saturated heterocycles. The van der Waals surface area contributed by atoms with Crippen LogP contribution in [0.1, 0.15) is 49.9 Å². The zero-order chi connectivity index (χ0) is 44.8. The fourth-order valence-electron chi connectivity index (χ4n) is 12.8. The van der Waals surface area contributed by atoms with Gasteiger partial charge in [-0.05, 0) is 169 Å². The van der Waals surface area contributed by atoms with Gasteiger partial charge >= 0.3 is 0 Å². The molecule has 0 radical (unpaired) electrons. The molecule has 316 valence electrons. The molecule has 12 aromatic carbocycles. The van der Waals surface area contributed by atoms with Gasteiger partial charge in [0.05, 0.1) is 0 Å². The molecule has 0 spiro atoms. The zero-order valence-corrected chi connectivity index (χ0v) is 38.2. The molecule has 2 aliphatic rings. The molecule has 1 heteroatoms. The van der Waals surface area contributed by atoms with Gasteiger partial charge in [-0.1, -0.05) is 191 Å². The van der Waals surface area contributed by atoms with Crippen molar-refractivity contribution >= 4 is 81.7 Å². The summed E-state index contributed by atoms with van der Waals surface area (Å²) in [5.41, 5.74) is 16.6. The lowest BCUT2D eigenvalue weighted by Gasteiger charge is -2.28. The number of nitrogens with zero attached hydrogens (tertiary/aromatic N) is 1. The van der Waals surface area contributed by atoms with Gasteiger partial charge in [0, 0.05) is 27.9 Å². The molecule has 0 heterocycles. The van der Waals surface area contributed by atoms with Crippen molar-refractivity contribution in [3.63, 3.8) is 0 Å². The summed E-state index contributed by atoms with van der Waals surface area (Å²) in [6, 6.07) is 79.7. The number of hydrogen-bond donors (Lipinski definition) is 0. The van der Waals surface area contributed by atoms with E-state index in [9.17, 15) is 0 Å². The van der Waals surface area contributed by atoms with Crippen LogP contribution in [0.25, 0.3) is 98.0 Å². The van der Waals surface area contributed by atoms with Crippen molar-refractivity contribution in [3.8, 4) is 33.4 Å². The minimum Gasteiger partial charge on any atom is -0.310 e. The first kappa shape index (κ1) is 38.3. The third-order valence-corrected chi connectivity index (χ3v) is 15.7. The van der Waals surface area contributed by atoms with Crippen LogP contribution in [-0.2, 0) is 10.8 Å². The zero-order valence-electron chi connectivity index (χ0n) is 38.2. The molecule has 2 aliphatic carbocycles. The van der Waals surface area contributed by atoms with Crippen LogP contribution in [0.15, 0.2) is 212 Å². The van der Waals surface area contributed by atoms with Gasteiger partial charge in [-0.25, -0.2) is 0 Å². The highest BCUT2D eigenvalue weighted by molar-refractivity contribution is 6.21. The molecule has 0 saturated carbocycles. The summed E-state index contributed by atoms with van der Waals surface area (Å²) in [7, 11) is 0. The largest absolute Gasteiger partial charge is 0.310 e. The third-order valence-electron chi connectivity index (χ3n) is 15.7. The summed E-state index contributed by atoms with van der Waals surface area (Å²) in [5, 5.41) is 15.7. The lowest BCUT2D eigenvalue weighted by molar-refractivity contribution is 0.667. The van der Waals surface area contributed by atoms with Gasteiger partial charge in [-0.2, -0.15) is 0 Å². The van der Waals surface area contributed by atoms with Gasteiger partial charge in [0.25, 0.3) is 0 Å². The summed E-state index contributed by atoms with van der Waals surface area (Å²) in [6.45, 7) is 9.71. The number of rotatable bonds is 4. The van der Waals surface area contributed by atoms with Gasteiger partial charge < -0.3 is 4.90 Å². The van der Waals surface area contributed by atoms with Gasteiger partial charge in [-0.3, -0.25) is 0 Å². The second-order valence-electron chi connectivity index (χ2n) is 20.0. The molecule has 0 atom stereocenters. The van der Waals surface area contributed by atoms with Crippen molar-refractivity contribution < 1.29 is 0 Å². The van der Waals surface area contributed by atoms with Crippen LogP contribution in [0, 0.1) is 0 Å². The van der Waals surface area contributed by atoms with E-state index in [4.69, 9.17) is 0 Å². The standard InChI is InChI=1S/C66H47N/c1-65(2)59-39-44-37-46(32-28-42(44)38-58(59)61-54-23-13-9-19-50(54)51-20-10-14-24-55(51)63(61)65)67(45-30-26-41(27-31-45)40-16-6-5-7-17-40)47-33-35-48-43(36-47)29-34-57-60-53-22-12-8-18-49(53)52-21-11-15-25-56(52)64(60)66(3,4)62(48)57/h5-39H,1-4H3. The summed E-state index contributed by atoms with van der Waals surface area (Å²) in [5.74, 6) is 0. The van der Waals surface area contributed by atoms with Crippen molar-refractivity contribution in [2.45, 2.75) is 38.5 Å². The second kappa shape index (κ2) is 13.8. The molecule has 12 aromatic rings. The first-order valence-corrected chi connectivity index (χ1v) is 23.8. The second-order valence-corrected chi connectivity index (χ2v) is 20.0. The summed E-state index contributed by atoms with van der Waals surface area (Å²) in [4.78, 5) is 2.45. The Morgan fingerprint density at radius 3 is 1.37 bits per heavy atom. The molecule has 14 rings (SSSR count). The predicted octanol–water partition coefficient (Wildman–Crippen LogP) is 18.4. The Hall–Kier alpha value is -8.00. The van der Waals surface area contributed by atoms with Crippen molar-refractivity contribution in [3.05, 3.63) is 235 Å². The van der Waals surface area contributed by atoms with Gasteiger partial charge in [-0.15, -0.1) is 0 Å². The molecule has 0 amide bonds. The summed E-state index contributed by atoms with van der Waals surface area (Å²) < 4.78 is 0. The average molecular weight is 854 g/mol. The molecular weight excluding hydrogens is 807 g/mol.